The fourth-order valence-corrected chi connectivity index (χ4v) is 3.37. The third-order valence-corrected chi connectivity index (χ3v) is 5.56. The van der Waals surface area contributed by atoms with Gasteiger partial charge in [0.2, 0.25) is 0 Å². The van der Waals surface area contributed by atoms with Crippen molar-refractivity contribution in [3.05, 3.63) is 101 Å². The molecule has 5 nitrogen and oxygen atoms in total. The lowest BCUT2D eigenvalue weighted by Crippen LogP contribution is -2.20. The monoisotopic (exact) mass is 429 g/mol. The lowest BCUT2D eigenvalue weighted by Gasteiger charge is -2.22. The molecule has 0 spiro atoms. The minimum atomic E-state index is 0.731. The van der Waals surface area contributed by atoms with Crippen LogP contribution in [0.25, 0.3) is 0 Å². The Balaban J connectivity index is 1.70. The molecule has 0 radical (unpaired) electrons. The normalized spacial score (nSPS) is 11.1. The van der Waals surface area contributed by atoms with Crippen molar-refractivity contribution < 1.29 is 0 Å². The highest BCUT2D eigenvalue weighted by molar-refractivity contribution is 5.17. The topological polar surface area (TPSA) is 45.2 Å². The van der Waals surface area contributed by atoms with Gasteiger partial charge >= 0.3 is 0 Å². The quantitative estimate of drug-likeness (QED) is 0.421. The van der Waals surface area contributed by atoms with Crippen molar-refractivity contribution in [2.75, 3.05) is 7.05 Å². The minimum absolute atomic E-state index is 0.731. The summed E-state index contributed by atoms with van der Waals surface area (Å²) in [4.78, 5) is 18.3. The second-order valence-corrected chi connectivity index (χ2v) is 8.15. The van der Waals surface area contributed by atoms with Gasteiger partial charge in [0, 0.05) is 38.0 Å². The molecule has 0 amide bonds. The van der Waals surface area contributed by atoms with Gasteiger partial charge in [0.05, 0.1) is 36.7 Å². The lowest BCUT2D eigenvalue weighted by atomic mass is 10.2. The van der Waals surface area contributed by atoms with Gasteiger partial charge in [0.1, 0.15) is 0 Å². The summed E-state index contributed by atoms with van der Waals surface area (Å²) in [6, 6.07) is 12.8. The summed E-state index contributed by atoms with van der Waals surface area (Å²) >= 11 is 0. The number of rotatable bonds is 11. The van der Waals surface area contributed by atoms with Gasteiger partial charge < -0.3 is 9.80 Å². The highest BCUT2D eigenvalue weighted by Gasteiger charge is 2.07. The molecule has 168 valence electrons. The van der Waals surface area contributed by atoms with E-state index in [1.807, 2.05) is 18.6 Å². The number of nitrogens with zero attached hydrogens (tertiary/aromatic N) is 5. The van der Waals surface area contributed by atoms with Crippen molar-refractivity contribution in [2.45, 2.75) is 59.7 Å². The predicted octanol–water partition coefficient (Wildman–Crippen LogP) is 5.16. The molecule has 3 rings (SSSR count). The Labute approximate surface area is 192 Å². The van der Waals surface area contributed by atoms with Crippen LogP contribution in [0.5, 0.6) is 0 Å². The Hall–Kier alpha value is -3.21. The van der Waals surface area contributed by atoms with Crippen LogP contribution >= 0.6 is 0 Å². The van der Waals surface area contributed by atoms with Crippen molar-refractivity contribution in [2.24, 2.45) is 0 Å². The summed E-state index contributed by atoms with van der Waals surface area (Å²) in [5, 5.41) is 0. The molecule has 3 aromatic rings. The van der Waals surface area contributed by atoms with E-state index in [2.05, 4.69) is 101 Å². The van der Waals surface area contributed by atoms with Crippen LogP contribution in [0, 0.1) is 0 Å². The molecule has 0 atom stereocenters. The molecule has 3 heterocycles. The summed E-state index contributed by atoms with van der Waals surface area (Å²) in [5.41, 5.74) is 6.95. The smallest absolute Gasteiger partial charge is 0.0601 e. The van der Waals surface area contributed by atoms with Crippen molar-refractivity contribution in [1.29, 1.82) is 0 Å². The fraction of sp³-hybridized carbons (Fsp3) is 0.370. The Morgan fingerprint density at radius 1 is 0.594 bits per heavy atom. The first-order valence-corrected chi connectivity index (χ1v) is 11.5. The Bertz CT molecular complexity index is 913. The number of hydrogen-bond donors (Lipinski definition) is 0. The molecular formula is C27H35N5. The van der Waals surface area contributed by atoms with E-state index in [0.29, 0.717) is 0 Å². The summed E-state index contributed by atoms with van der Waals surface area (Å²) in [6.07, 6.45) is 13.2. The molecule has 0 aliphatic carbocycles. The van der Waals surface area contributed by atoms with E-state index in [0.717, 1.165) is 56.0 Å². The molecule has 0 aliphatic heterocycles. The van der Waals surface area contributed by atoms with E-state index in [-0.39, 0.29) is 0 Å². The largest absolute Gasteiger partial charge is 0.373 e. The van der Waals surface area contributed by atoms with Gasteiger partial charge in [-0.05, 0) is 54.2 Å². The van der Waals surface area contributed by atoms with Gasteiger partial charge in [-0.1, -0.05) is 39.0 Å². The second kappa shape index (κ2) is 12.0. The Morgan fingerprint density at radius 3 is 1.34 bits per heavy atom. The van der Waals surface area contributed by atoms with Gasteiger partial charge in [0.25, 0.3) is 0 Å². The molecule has 0 aliphatic rings. The summed E-state index contributed by atoms with van der Waals surface area (Å²) in [6.45, 7) is 8.68. The van der Waals surface area contributed by atoms with Crippen LogP contribution in [0.1, 0.15) is 54.5 Å². The van der Waals surface area contributed by atoms with E-state index in [4.69, 9.17) is 0 Å². The first-order valence-electron chi connectivity index (χ1n) is 11.5. The van der Waals surface area contributed by atoms with E-state index in [1.54, 1.807) is 0 Å². The van der Waals surface area contributed by atoms with Crippen LogP contribution in [-0.4, -0.2) is 31.8 Å². The maximum Gasteiger partial charge on any atom is 0.0601 e. The van der Waals surface area contributed by atoms with Crippen molar-refractivity contribution in [3.8, 4) is 0 Å². The zero-order valence-corrected chi connectivity index (χ0v) is 19.8. The number of hydrogen-bond acceptors (Lipinski definition) is 5. The van der Waals surface area contributed by atoms with Crippen LogP contribution in [0.3, 0.4) is 0 Å². The molecule has 5 heteroatoms. The van der Waals surface area contributed by atoms with Gasteiger partial charge in [-0.15, -0.1) is 0 Å². The summed E-state index contributed by atoms with van der Waals surface area (Å²) in [7, 11) is 2.08. The van der Waals surface area contributed by atoms with E-state index in [9.17, 15) is 0 Å². The Kier molecular flexibility index (Phi) is 8.79. The number of aromatic nitrogens is 3. The molecule has 0 bridgehead atoms. The summed E-state index contributed by atoms with van der Waals surface area (Å²) in [5.74, 6) is 0. The highest BCUT2D eigenvalue weighted by atomic mass is 15.2. The third kappa shape index (κ3) is 7.19. The third-order valence-electron chi connectivity index (χ3n) is 5.56. The molecule has 0 aromatic carbocycles. The second-order valence-electron chi connectivity index (χ2n) is 8.15. The van der Waals surface area contributed by atoms with E-state index >= 15 is 0 Å². The van der Waals surface area contributed by atoms with E-state index < -0.39 is 0 Å². The van der Waals surface area contributed by atoms with Crippen molar-refractivity contribution >= 4 is 0 Å². The predicted molar refractivity (Wildman–Crippen MR) is 131 cm³/mol. The molecule has 0 saturated carbocycles. The van der Waals surface area contributed by atoms with Crippen LogP contribution in [-0.2, 0) is 38.9 Å². The molecular weight excluding hydrogens is 394 g/mol. The first-order chi connectivity index (χ1) is 15.6. The molecule has 0 N–H and O–H groups in total. The SMILES string of the molecule is CCc1ccc(CN(C)C=CN(Cc2ccc(CC)cn2)Cc2ccc(CC)cn2)nc1. The van der Waals surface area contributed by atoms with Crippen LogP contribution in [0.15, 0.2) is 67.4 Å². The van der Waals surface area contributed by atoms with Gasteiger partial charge in [0.15, 0.2) is 0 Å². The zero-order valence-electron chi connectivity index (χ0n) is 19.8. The van der Waals surface area contributed by atoms with Crippen LogP contribution in [0.4, 0.5) is 0 Å². The summed E-state index contributed by atoms with van der Waals surface area (Å²) < 4.78 is 0. The minimum Gasteiger partial charge on any atom is -0.373 e. The van der Waals surface area contributed by atoms with Gasteiger partial charge in [-0.25, -0.2) is 0 Å². The van der Waals surface area contributed by atoms with Gasteiger partial charge in [-0.3, -0.25) is 15.0 Å². The molecule has 0 unspecified atom stereocenters. The molecule has 32 heavy (non-hydrogen) atoms. The number of aryl methyl sites for hydroxylation is 3. The average Bonchev–Trinajstić information content (AvgIpc) is 2.84. The van der Waals surface area contributed by atoms with Crippen LogP contribution in [0.2, 0.25) is 0 Å². The standard InChI is InChI=1S/C27H35N5/c1-5-22-8-11-25(28-16-22)19-31(4)14-15-32(20-26-12-9-23(6-2)17-29-26)21-27-13-10-24(7-3)18-30-27/h8-18H,5-7,19-21H2,1-4H3. The zero-order chi connectivity index (χ0) is 22.8. The highest BCUT2D eigenvalue weighted by Crippen LogP contribution is 2.11. The average molecular weight is 430 g/mol. The van der Waals surface area contributed by atoms with Crippen molar-refractivity contribution in [3.63, 3.8) is 0 Å². The fourth-order valence-electron chi connectivity index (χ4n) is 3.37. The first kappa shape index (κ1) is 23.5. The molecule has 0 saturated heterocycles. The number of pyridine rings is 3. The molecule has 3 aromatic heterocycles. The van der Waals surface area contributed by atoms with Crippen LogP contribution < -0.4 is 0 Å². The maximum atomic E-state index is 4.65. The maximum absolute atomic E-state index is 4.65. The molecule has 0 fully saturated rings. The van der Waals surface area contributed by atoms with E-state index in [1.165, 1.54) is 16.7 Å². The lowest BCUT2D eigenvalue weighted by molar-refractivity contribution is 0.338. The Morgan fingerprint density at radius 2 is 1.00 bits per heavy atom. The van der Waals surface area contributed by atoms with Gasteiger partial charge in [-0.2, -0.15) is 0 Å². The van der Waals surface area contributed by atoms with Crippen molar-refractivity contribution in [1.82, 2.24) is 24.8 Å².